The molecule has 0 aromatic heterocycles. The molecule has 0 spiro atoms. The first-order valence-electron chi connectivity index (χ1n) is 3.67. The molecule has 0 amide bonds. The number of thiocarbonyl (C=S) groups is 1. The average Bonchev–Trinajstić information content (AvgIpc) is 1.87. The molecule has 9 heavy (non-hydrogen) atoms. The van der Waals surface area contributed by atoms with Gasteiger partial charge in [-0.1, -0.05) is 45.8 Å². The summed E-state index contributed by atoms with van der Waals surface area (Å²) >= 11 is 4.84. The van der Waals surface area contributed by atoms with Gasteiger partial charge in [0.1, 0.15) is 0 Å². The Labute approximate surface area is 63.7 Å². The van der Waals surface area contributed by atoms with Gasteiger partial charge in [-0.05, 0) is 17.2 Å². The minimum absolute atomic E-state index is 0.611. The Morgan fingerprint density at radius 2 is 2.00 bits per heavy atom. The van der Waals surface area contributed by atoms with Gasteiger partial charge in [-0.2, -0.15) is 0 Å². The molecule has 0 fully saturated rings. The van der Waals surface area contributed by atoms with Gasteiger partial charge >= 0.3 is 0 Å². The van der Waals surface area contributed by atoms with Crippen LogP contribution in [0.1, 0.15) is 33.6 Å². The SMILES string of the molecule is CCC[C@H](C)C(C)C=S. The van der Waals surface area contributed by atoms with Crippen LogP contribution in [0, 0.1) is 11.8 Å². The summed E-state index contributed by atoms with van der Waals surface area (Å²) in [4.78, 5) is 0. The van der Waals surface area contributed by atoms with E-state index in [1.54, 1.807) is 0 Å². The van der Waals surface area contributed by atoms with E-state index in [0.717, 1.165) is 5.92 Å². The van der Waals surface area contributed by atoms with Crippen LogP contribution in [0.5, 0.6) is 0 Å². The molecule has 0 heterocycles. The van der Waals surface area contributed by atoms with E-state index in [-0.39, 0.29) is 0 Å². The zero-order chi connectivity index (χ0) is 7.28. The molecule has 54 valence electrons. The lowest BCUT2D eigenvalue weighted by atomic mass is 9.94. The van der Waals surface area contributed by atoms with Gasteiger partial charge in [-0.25, -0.2) is 0 Å². The molecule has 1 heteroatoms. The number of rotatable bonds is 4. The van der Waals surface area contributed by atoms with Crippen molar-refractivity contribution in [2.75, 3.05) is 0 Å². The second-order valence-corrected chi connectivity index (χ2v) is 3.03. The van der Waals surface area contributed by atoms with Gasteiger partial charge in [0.25, 0.3) is 0 Å². The van der Waals surface area contributed by atoms with Crippen LogP contribution >= 0.6 is 12.2 Å². The molecule has 1 unspecified atom stereocenters. The molecule has 0 aliphatic rings. The fraction of sp³-hybridized carbons (Fsp3) is 0.875. The topological polar surface area (TPSA) is 0 Å². The molecule has 0 rings (SSSR count). The minimum atomic E-state index is 0.611. The van der Waals surface area contributed by atoms with Gasteiger partial charge in [-0.3, -0.25) is 0 Å². The Morgan fingerprint density at radius 1 is 1.44 bits per heavy atom. The molecule has 0 saturated carbocycles. The molecule has 0 N–H and O–H groups in total. The molecule has 0 aliphatic carbocycles. The van der Waals surface area contributed by atoms with Crippen LogP contribution in [-0.2, 0) is 0 Å². The highest BCUT2D eigenvalue weighted by atomic mass is 32.1. The Kier molecular flexibility index (Phi) is 4.97. The molecule has 0 aromatic rings. The molecular formula is C8H16S. The van der Waals surface area contributed by atoms with Gasteiger partial charge in [0.15, 0.2) is 0 Å². The normalized spacial score (nSPS) is 16.8. The second kappa shape index (κ2) is 4.92. The third-order valence-corrected chi connectivity index (χ3v) is 2.29. The van der Waals surface area contributed by atoms with Gasteiger partial charge in [0.05, 0.1) is 0 Å². The van der Waals surface area contributed by atoms with Crippen molar-refractivity contribution in [2.45, 2.75) is 33.6 Å². The Bertz CT molecular complexity index is 78.6. The Morgan fingerprint density at radius 3 is 2.33 bits per heavy atom. The summed E-state index contributed by atoms with van der Waals surface area (Å²) in [6.07, 6.45) is 2.57. The summed E-state index contributed by atoms with van der Waals surface area (Å²) < 4.78 is 0. The van der Waals surface area contributed by atoms with Gasteiger partial charge in [0.2, 0.25) is 0 Å². The predicted molar refractivity (Wildman–Crippen MR) is 46.9 cm³/mol. The number of hydrogen-bond donors (Lipinski definition) is 0. The molecule has 2 atom stereocenters. The fourth-order valence-electron chi connectivity index (χ4n) is 0.852. The first-order valence-corrected chi connectivity index (χ1v) is 4.14. The molecule has 0 aromatic carbocycles. The monoisotopic (exact) mass is 144 g/mol. The Hall–Kier alpha value is 0.0900. The van der Waals surface area contributed by atoms with Crippen LogP contribution in [0.4, 0.5) is 0 Å². The van der Waals surface area contributed by atoms with Crippen molar-refractivity contribution >= 4 is 17.6 Å². The van der Waals surface area contributed by atoms with E-state index in [9.17, 15) is 0 Å². The van der Waals surface area contributed by atoms with E-state index in [4.69, 9.17) is 12.2 Å². The zero-order valence-corrected chi connectivity index (χ0v) is 7.37. The molecule has 0 aliphatic heterocycles. The van der Waals surface area contributed by atoms with E-state index in [0.29, 0.717) is 5.92 Å². The van der Waals surface area contributed by atoms with E-state index in [1.165, 1.54) is 12.8 Å². The third-order valence-electron chi connectivity index (χ3n) is 1.86. The highest BCUT2D eigenvalue weighted by Gasteiger charge is 2.06. The highest BCUT2D eigenvalue weighted by Crippen LogP contribution is 2.14. The molecular weight excluding hydrogens is 128 g/mol. The zero-order valence-electron chi connectivity index (χ0n) is 6.55. The maximum atomic E-state index is 4.84. The second-order valence-electron chi connectivity index (χ2n) is 2.76. The maximum Gasteiger partial charge on any atom is -0.0131 e. The molecule has 0 nitrogen and oxygen atoms in total. The summed E-state index contributed by atoms with van der Waals surface area (Å²) in [5.74, 6) is 1.38. The fourth-order valence-corrected chi connectivity index (χ4v) is 1.12. The standard InChI is InChI=1S/C8H16S/c1-4-5-7(2)8(3)6-9/h6-8H,4-5H2,1-3H3/t7-,8?/m0/s1. The van der Waals surface area contributed by atoms with Crippen molar-refractivity contribution < 1.29 is 0 Å². The van der Waals surface area contributed by atoms with E-state index in [1.807, 2.05) is 5.37 Å². The minimum Gasteiger partial charge on any atom is -0.0932 e. The van der Waals surface area contributed by atoms with E-state index < -0.39 is 0 Å². The van der Waals surface area contributed by atoms with Crippen LogP contribution in [0.25, 0.3) is 0 Å². The van der Waals surface area contributed by atoms with Gasteiger partial charge < -0.3 is 0 Å². The average molecular weight is 144 g/mol. The number of hydrogen-bond acceptors (Lipinski definition) is 1. The van der Waals surface area contributed by atoms with Crippen molar-refractivity contribution in [3.05, 3.63) is 0 Å². The molecule has 0 saturated heterocycles. The summed E-state index contributed by atoms with van der Waals surface area (Å²) in [7, 11) is 0. The Balaban J connectivity index is 3.44. The van der Waals surface area contributed by atoms with E-state index in [2.05, 4.69) is 20.8 Å². The van der Waals surface area contributed by atoms with Crippen molar-refractivity contribution in [3.8, 4) is 0 Å². The van der Waals surface area contributed by atoms with Crippen LogP contribution in [0.15, 0.2) is 0 Å². The van der Waals surface area contributed by atoms with E-state index >= 15 is 0 Å². The summed E-state index contributed by atoms with van der Waals surface area (Å²) in [6, 6.07) is 0. The first-order chi connectivity index (χ1) is 4.22. The summed E-state index contributed by atoms with van der Waals surface area (Å²) in [5, 5.41) is 1.88. The summed E-state index contributed by atoms with van der Waals surface area (Å²) in [5.41, 5.74) is 0. The van der Waals surface area contributed by atoms with Gasteiger partial charge in [-0.15, -0.1) is 0 Å². The molecule has 0 bridgehead atoms. The smallest absolute Gasteiger partial charge is 0.0131 e. The van der Waals surface area contributed by atoms with Crippen molar-refractivity contribution in [1.29, 1.82) is 0 Å². The van der Waals surface area contributed by atoms with Crippen LogP contribution < -0.4 is 0 Å². The largest absolute Gasteiger partial charge is 0.0932 e. The highest BCUT2D eigenvalue weighted by molar-refractivity contribution is 7.79. The third kappa shape index (κ3) is 3.63. The van der Waals surface area contributed by atoms with Crippen LogP contribution in [0.3, 0.4) is 0 Å². The van der Waals surface area contributed by atoms with Crippen LogP contribution in [0.2, 0.25) is 0 Å². The van der Waals surface area contributed by atoms with Crippen molar-refractivity contribution in [3.63, 3.8) is 0 Å². The maximum absolute atomic E-state index is 4.84. The lowest BCUT2D eigenvalue weighted by Gasteiger charge is -2.13. The quantitative estimate of drug-likeness (QED) is 0.546. The summed E-state index contributed by atoms with van der Waals surface area (Å²) in [6.45, 7) is 6.66. The first kappa shape index (κ1) is 9.09. The lowest BCUT2D eigenvalue weighted by molar-refractivity contribution is 0.452. The van der Waals surface area contributed by atoms with Crippen LogP contribution in [-0.4, -0.2) is 5.37 Å². The van der Waals surface area contributed by atoms with Gasteiger partial charge in [0, 0.05) is 0 Å². The predicted octanol–water partition coefficient (Wildman–Crippen LogP) is 3.06. The molecule has 0 radical (unpaired) electrons. The lowest BCUT2D eigenvalue weighted by Crippen LogP contribution is -2.07. The van der Waals surface area contributed by atoms with Crippen molar-refractivity contribution in [2.24, 2.45) is 11.8 Å². The van der Waals surface area contributed by atoms with Crippen molar-refractivity contribution in [1.82, 2.24) is 0 Å².